The van der Waals surface area contributed by atoms with E-state index in [1.807, 2.05) is 171 Å². The maximum Gasteiger partial charge on any atom is 0.124 e. The summed E-state index contributed by atoms with van der Waals surface area (Å²) in [5, 5.41) is 38.8. The quantitative estimate of drug-likeness (QED) is 0.0322. The van der Waals surface area contributed by atoms with Gasteiger partial charge < -0.3 is 0 Å². The van der Waals surface area contributed by atoms with Crippen LogP contribution >= 0.6 is 102 Å². The predicted octanol–water partition coefficient (Wildman–Crippen LogP) is 14.7. The molecule has 13 rings (SSSR count). The van der Waals surface area contributed by atoms with Gasteiger partial charge in [0.25, 0.3) is 0 Å². The number of nitriles is 4. The predicted molar refractivity (Wildman–Crippen MR) is 502 cm³/mol. The first-order valence-corrected chi connectivity index (χ1v) is 51.2. The molecule has 1 aliphatic rings. The normalized spacial score (nSPS) is 11.7. The second-order valence-electron chi connectivity index (χ2n) is 26.4. The Labute approximate surface area is 781 Å². The van der Waals surface area contributed by atoms with Crippen LogP contribution in [-0.2, 0) is 47.3 Å². The summed E-state index contributed by atoms with van der Waals surface area (Å²) < 4.78 is 32.7. The average molecular weight is 2260 g/mol. The van der Waals surface area contributed by atoms with Crippen LogP contribution < -0.4 is 51.9 Å². The number of alkyl halides is 6. The monoisotopic (exact) mass is 2260 g/mol. The molecule has 1 fully saturated rings. The first-order chi connectivity index (χ1) is 58.0. The Morgan fingerprint density at radius 3 is 1.51 bits per heavy atom. The third kappa shape index (κ3) is 35.3. The number of aryl methyl sites for hydroxylation is 4. The summed E-state index contributed by atoms with van der Waals surface area (Å²) in [6.45, 7) is 10.7. The molecule has 4 aromatic heterocycles. The number of hydrogen-bond acceptors (Lipinski definition) is 14. The van der Waals surface area contributed by atoms with E-state index in [9.17, 15) is 0 Å². The first-order valence-electron chi connectivity index (χ1n) is 37.8. The van der Waals surface area contributed by atoms with Gasteiger partial charge in [0, 0.05) is 69.8 Å². The van der Waals surface area contributed by atoms with E-state index in [1.165, 1.54) is 12.7 Å². The fourth-order valence-electron chi connectivity index (χ4n) is 11.2. The number of hydrogen-bond donors (Lipinski definition) is 0. The van der Waals surface area contributed by atoms with Gasteiger partial charge in [-0.3, -0.25) is 0 Å². The molecule has 2 atom stereocenters. The Morgan fingerprint density at radius 1 is 0.513 bits per heavy atom. The van der Waals surface area contributed by atoms with Crippen LogP contribution in [0.3, 0.4) is 0 Å². The number of likely N-dealkylation sites (N-methyl/N-ethyl adjacent to an activating group) is 1. The number of benzene rings is 8. The number of halogens is 6. The number of morpholine rings is 1. The third-order valence-corrected chi connectivity index (χ3v) is 25.1. The fraction of sp³-hybridized carbons (Fsp3) is 0.224. The Bertz CT molecular complexity index is 5560. The van der Waals surface area contributed by atoms with E-state index in [1.54, 1.807) is 29.7 Å². The standard InChI is InChI=1S/C22H29INO3.C16H11IN2.C16H10IN.C15H20IN2O.C15H9IN2.C14H9IN2S/c1-4-13-25-19-11-10-18(23-2)15-20(19)27-22(17-8-6-5-7-9-17)21-16-24(3)12-14-26-21;1-12-3-2-4-16(19-12)6-5-13-7-14(10-17)9-15(8-13)11-18;17-11-15-8-14(9-16(10-15)12-18)7-6-13-4-2-1-3-5-13;1-16-14-7-5-13(6-8-14)11-19-9-3-4-15-10-18(2)12-17-15;16-10-13-7-12(8-14(9-13)11-17)4-5-15-3-1-2-6-18-15;1-10-17-14(9-18-10)3-2-11-4-12(7-15)6-13(5-11)8-16/h5-11,15,21-22H,4,12-14,16H2,1-3H3;2-4,7-9H,10H2,1H3;1-5,8-10H,11H2;5-8,10,12H,3-4,9,11H2,1-2H3;1-3,6-9H,10H2;4-6,9H,7H2,1H3/q-1;;;-1;;. The van der Waals surface area contributed by atoms with Gasteiger partial charge in [0.15, 0.2) is 0 Å². The van der Waals surface area contributed by atoms with Gasteiger partial charge in [0.1, 0.15) is 17.1 Å². The van der Waals surface area contributed by atoms with Crippen molar-refractivity contribution in [1.29, 1.82) is 21.0 Å². The average Bonchev–Trinajstić information content (AvgIpc) is 1.37. The number of nitrogens with zero attached hydrogens (tertiary/aromatic N) is 10. The summed E-state index contributed by atoms with van der Waals surface area (Å²) in [5.74, 6) is 26.1. The minimum atomic E-state index is -0.164. The number of ether oxygens (including phenoxy) is 4. The molecule has 5 heterocycles. The molecule has 0 bridgehead atoms. The summed E-state index contributed by atoms with van der Waals surface area (Å²) in [4.78, 5) is 23.9. The number of aromatic nitrogens is 5. The van der Waals surface area contributed by atoms with Crippen LogP contribution in [0.25, 0.3) is 0 Å². The summed E-state index contributed by atoms with van der Waals surface area (Å²) in [6.07, 6.45) is 8.43. The molecule has 21 heteroatoms. The Morgan fingerprint density at radius 2 is 1.03 bits per heavy atom. The number of rotatable bonds is 19. The number of imidazole rings is 1. The zero-order valence-corrected chi connectivity index (χ0v) is 80.9. The van der Waals surface area contributed by atoms with Crippen molar-refractivity contribution >= 4 is 102 Å². The Kier molecular flexibility index (Phi) is 43.5. The van der Waals surface area contributed by atoms with Crippen LogP contribution in [0.1, 0.15) is 143 Å². The van der Waals surface area contributed by atoms with Crippen molar-refractivity contribution in [3.05, 3.63) is 360 Å². The van der Waals surface area contributed by atoms with Gasteiger partial charge in [0.05, 0.1) is 51.5 Å². The molecule has 0 amide bonds. The molecule has 1 saturated heterocycles. The smallest absolute Gasteiger partial charge is 0.124 e. The summed E-state index contributed by atoms with van der Waals surface area (Å²) in [7, 11) is 4.13. The van der Waals surface area contributed by atoms with Gasteiger partial charge >= 0.3 is 291 Å². The zero-order valence-electron chi connectivity index (χ0n) is 67.1. The molecule has 8 aromatic carbocycles. The maximum atomic E-state index is 8.99. The van der Waals surface area contributed by atoms with Crippen LogP contribution in [0.4, 0.5) is 0 Å². The van der Waals surface area contributed by atoms with Crippen molar-refractivity contribution in [3.8, 4) is 83.1 Å². The minimum Gasteiger partial charge on any atom is -0.248 e. The zero-order chi connectivity index (χ0) is 84.8. The third-order valence-electron chi connectivity index (χ3n) is 16.9. The van der Waals surface area contributed by atoms with Crippen molar-refractivity contribution in [1.82, 2.24) is 29.4 Å². The van der Waals surface area contributed by atoms with E-state index in [4.69, 9.17) is 40.0 Å². The van der Waals surface area contributed by atoms with E-state index >= 15 is 0 Å². The molecule has 0 saturated carbocycles. The minimum absolute atomic E-state index is 0.00912. The van der Waals surface area contributed by atoms with Crippen molar-refractivity contribution in [2.75, 3.05) is 49.8 Å². The van der Waals surface area contributed by atoms with Gasteiger partial charge in [-0.2, -0.15) is 21.0 Å². The van der Waals surface area contributed by atoms with Gasteiger partial charge in [-0.15, -0.1) is 11.3 Å². The molecule has 0 aliphatic carbocycles. The van der Waals surface area contributed by atoms with E-state index in [-0.39, 0.29) is 54.6 Å². The van der Waals surface area contributed by atoms with E-state index in [2.05, 4.69) is 284 Å². The summed E-state index contributed by atoms with van der Waals surface area (Å²) >= 11 is 10.9. The van der Waals surface area contributed by atoms with Gasteiger partial charge in [0.2, 0.25) is 0 Å². The SMILES string of the molecule is CCCOc1ccc([I-]C)cc1OC(c1ccccc1)C1CN(C)CCO1.C[I-]c1ccc(COCCCc2cn(C)cn2)cc1.Cc1cccc(C#Cc2cc(C#N)cc(CI)c2)n1.Cc1nc(C#Cc2cc(C#N)cc(CI)c2)cs1.N#Cc1cc(C#Cc2ccccc2)cc(CI)c1.N#Cc1cc(C#Cc2ccccn2)cc(CI)c1. The fourth-order valence-corrected chi connectivity index (χ4v) is 15.7. The van der Waals surface area contributed by atoms with Crippen molar-refractivity contribution < 1.29 is 61.4 Å². The molecule has 119 heavy (non-hydrogen) atoms. The molecule has 0 N–H and O–H groups in total. The van der Waals surface area contributed by atoms with Gasteiger partial charge in [-0.25, -0.2) is 15.0 Å². The molecule has 604 valence electrons. The number of thiazole rings is 1. The van der Waals surface area contributed by atoms with Crippen LogP contribution in [-0.4, -0.2) is 85.3 Å². The second kappa shape index (κ2) is 54.3. The second-order valence-corrected chi connectivity index (χ2v) is 35.2. The molecule has 0 spiro atoms. The molecule has 1 aliphatic heterocycles. The molecule has 14 nitrogen and oxygen atoms in total. The van der Waals surface area contributed by atoms with Gasteiger partial charge in [-0.05, 0) is 163 Å². The molecular formula is C98H88I6N10O4S-2. The Balaban J connectivity index is 0.000000179. The molecular weight excluding hydrogens is 2170 g/mol. The molecule has 2 unspecified atom stereocenters. The van der Waals surface area contributed by atoms with Crippen molar-refractivity contribution in [3.63, 3.8) is 0 Å². The van der Waals surface area contributed by atoms with E-state index in [0.717, 1.165) is 164 Å². The Hall–Kier alpha value is -9.04. The van der Waals surface area contributed by atoms with E-state index in [0.29, 0.717) is 35.5 Å². The van der Waals surface area contributed by atoms with Crippen molar-refractivity contribution in [2.24, 2.45) is 7.05 Å². The van der Waals surface area contributed by atoms with Crippen LogP contribution in [0.2, 0.25) is 0 Å². The van der Waals surface area contributed by atoms with E-state index < -0.39 is 0 Å². The summed E-state index contributed by atoms with van der Waals surface area (Å²) in [5.41, 5.74) is 18.3. The summed E-state index contributed by atoms with van der Waals surface area (Å²) in [6, 6.07) is 78.3. The largest absolute Gasteiger partial charge is 0.248 e. The molecule has 12 aromatic rings. The van der Waals surface area contributed by atoms with Crippen LogP contribution in [0.15, 0.2) is 236 Å². The molecule has 0 radical (unpaired) electrons. The van der Waals surface area contributed by atoms with Crippen LogP contribution in [0, 0.1) is 114 Å². The maximum absolute atomic E-state index is 8.99. The van der Waals surface area contributed by atoms with Crippen LogP contribution in [0.5, 0.6) is 11.5 Å². The topological polar surface area (TPSA) is 192 Å². The van der Waals surface area contributed by atoms with Gasteiger partial charge in [-0.1, -0.05) is 150 Å². The van der Waals surface area contributed by atoms with Crippen molar-refractivity contribution in [2.45, 2.75) is 76.6 Å². The first kappa shape index (κ1) is 95.4. The number of pyridine rings is 2.